The van der Waals surface area contributed by atoms with Gasteiger partial charge in [-0.2, -0.15) is 4.31 Å². The van der Waals surface area contributed by atoms with Gasteiger partial charge in [0.1, 0.15) is 12.4 Å². The molecule has 21 heavy (non-hydrogen) atoms. The Kier molecular flexibility index (Phi) is 3.58. The average molecular weight is 311 g/mol. The number of carbonyl (C=O) groups excluding carboxylic acids is 1. The van der Waals surface area contributed by atoms with Crippen molar-refractivity contribution in [3.05, 3.63) is 23.9 Å². The number of nitrogens with zero attached hydrogens (tertiary/aromatic N) is 3. The fourth-order valence-electron chi connectivity index (χ4n) is 2.81. The summed E-state index contributed by atoms with van der Waals surface area (Å²) in [4.78, 5) is 17.5. The minimum absolute atomic E-state index is 0.251. The largest absolute Gasteiger partial charge is 0.447 e. The molecular weight excluding hydrogens is 294 g/mol. The number of hydrogen-bond acceptors (Lipinski definition) is 5. The highest BCUT2D eigenvalue weighted by molar-refractivity contribution is 7.88. The van der Waals surface area contributed by atoms with Gasteiger partial charge in [-0.1, -0.05) is 6.07 Å². The number of sulfonamides is 1. The molecule has 0 spiro atoms. The molecule has 2 saturated heterocycles. The third kappa shape index (κ3) is 2.73. The van der Waals surface area contributed by atoms with Crippen molar-refractivity contribution in [1.82, 2.24) is 9.29 Å². The minimum atomic E-state index is -3.25. The molecule has 0 bridgehead atoms. The summed E-state index contributed by atoms with van der Waals surface area (Å²) in [5, 5.41) is 0. The summed E-state index contributed by atoms with van der Waals surface area (Å²) in [7, 11) is -3.25. The highest BCUT2D eigenvalue weighted by atomic mass is 32.2. The molecule has 0 N–H and O–H groups in total. The van der Waals surface area contributed by atoms with Crippen molar-refractivity contribution in [2.24, 2.45) is 0 Å². The first-order chi connectivity index (χ1) is 9.97. The van der Waals surface area contributed by atoms with Crippen LogP contribution in [0.25, 0.3) is 0 Å². The quantitative estimate of drug-likeness (QED) is 0.836. The molecule has 1 aromatic rings. The van der Waals surface area contributed by atoms with Crippen LogP contribution in [-0.4, -0.2) is 49.8 Å². The zero-order chi connectivity index (χ0) is 15.0. The molecule has 0 aliphatic carbocycles. The molecule has 1 amide bonds. The van der Waals surface area contributed by atoms with Crippen LogP contribution in [0.2, 0.25) is 0 Å². The third-order valence-corrected chi connectivity index (χ3v) is 5.05. The summed E-state index contributed by atoms with van der Waals surface area (Å²) in [6.45, 7) is 1.33. The van der Waals surface area contributed by atoms with E-state index in [-0.39, 0.29) is 6.04 Å². The molecule has 3 heterocycles. The average Bonchev–Trinajstić information content (AvgIpc) is 3.06. The number of carbonyl (C=O) groups is 1. The monoisotopic (exact) mass is 311 g/mol. The highest BCUT2D eigenvalue weighted by Gasteiger charge is 2.34. The van der Waals surface area contributed by atoms with Crippen LogP contribution in [0.1, 0.15) is 24.6 Å². The second-order valence-electron chi connectivity index (χ2n) is 5.22. The van der Waals surface area contributed by atoms with Gasteiger partial charge >= 0.3 is 6.09 Å². The maximum atomic E-state index is 11.8. The number of aromatic nitrogens is 1. The topological polar surface area (TPSA) is 79.8 Å². The van der Waals surface area contributed by atoms with E-state index in [1.807, 2.05) is 0 Å². The van der Waals surface area contributed by atoms with Gasteiger partial charge in [0.05, 0.1) is 24.5 Å². The lowest BCUT2D eigenvalue weighted by Gasteiger charge is -2.22. The van der Waals surface area contributed by atoms with Gasteiger partial charge in [-0.15, -0.1) is 0 Å². The van der Waals surface area contributed by atoms with Crippen molar-refractivity contribution < 1.29 is 17.9 Å². The van der Waals surface area contributed by atoms with Gasteiger partial charge < -0.3 is 4.74 Å². The molecule has 8 heteroatoms. The minimum Gasteiger partial charge on any atom is -0.447 e. The molecule has 2 fully saturated rings. The smallest absolute Gasteiger partial charge is 0.415 e. The Morgan fingerprint density at radius 2 is 2.14 bits per heavy atom. The van der Waals surface area contributed by atoms with Crippen LogP contribution >= 0.6 is 0 Å². The second kappa shape index (κ2) is 5.27. The fraction of sp³-hybridized carbons (Fsp3) is 0.538. The van der Waals surface area contributed by atoms with Gasteiger partial charge in [-0.25, -0.2) is 18.2 Å². The summed E-state index contributed by atoms with van der Waals surface area (Å²) in [5.41, 5.74) is 0.676. The molecule has 114 valence electrons. The van der Waals surface area contributed by atoms with Crippen molar-refractivity contribution in [1.29, 1.82) is 0 Å². The zero-order valence-electron chi connectivity index (χ0n) is 11.7. The van der Waals surface area contributed by atoms with E-state index in [1.165, 1.54) is 15.5 Å². The molecular formula is C13H17N3O4S. The van der Waals surface area contributed by atoms with Gasteiger partial charge in [0, 0.05) is 6.54 Å². The number of amides is 1. The van der Waals surface area contributed by atoms with Crippen molar-refractivity contribution >= 4 is 21.9 Å². The van der Waals surface area contributed by atoms with Crippen LogP contribution in [0.4, 0.5) is 10.6 Å². The summed E-state index contributed by atoms with van der Waals surface area (Å²) >= 11 is 0. The fourth-order valence-corrected chi connectivity index (χ4v) is 3.95. The predicted octanol–water partition coefficient (Wildman–Crippen LogP) is 1.13. The van der Waals surface area contributed by atoms with Gasteiger partial charge in [0.25, 0.3) is 0 Å². The number of pyridine rings is 1. The molecule has 0 saturated carbocycles. The van der Waals surface area contributed by atoms with Gasteiger partial charge in [0.15, 0.2) is 0 Å². The van der Waals surface area contributed by atoms with Crippen LogP contribution in [0.3, 0.4) is 0 Å². The lowest BCUT2D eigenvalue weighted by molar-refractivity contribution is 0.181. The SMILES string of the molecule is CS(=O)(=O)N1CCC[C@H]1c1cccc(N2CCOC2=O)n1. The molecule has 2 aliphatic heterocycles. The molecule has 0 radical (unpaired) electrons. The van der Waals surface area contributed by atoms with Crippen LogP contribution in [0.5, 0.6) is 0 Å². The van der Waals surface area contributed by atoms with E-state index in [2.05, 4.69) is 4.98 Å². The number of rotatable bonds is 3. The summed E-state index contributed by atoms with van der Waals surface area (Å²) < 4.78 is 30.0. The Labute approximate surface area is 123 Å². The van der Waals surface area contributed by atoms with E-state index in [0.717, 1.165) is 12.8 Å². The summed E-state index contributed by atoms with van der Waals surface area (Å²) in [6.07, 6.45) is 2.36. The Balaban J connectivity index is 1.91. The van der Waals surface area contributed by atoms with E-state index in [9.17, 15) is 13.2 Å². The van der Waals surface area contributed by atoms with E-state index in [4.69, 9.17) is 4.74 Å². The lowest BCUT2D eigenvalue weighted by Crippen LogP contribution is -2.30. The Morgan fingerprint density at radius 1 is 1.33 bits per heavy atom. The maximum absolute atomic E-state index is 11.8. The molecule has 0 aromatic carbocycles. The van der Waals surface area contributed by atoms with E-state index in [1.54, 1.807) is 18.2 Å². The second-order valence-corrected chi connectivity index (χ2v) is 7.15. The first-order valence-corrected chi connectivity index (χ1v) is 8.70. The van der Waals surface area contributed by atoms with E-state index >= 15 is 0 Å². The van der Waals surface area contributed by atoms with Crippen molar-refractivity contribution in [3.8, 4) is 0 Å². The summed E-state index contributed by atoms with van der Waals surface area (Å²) in [5.74, 6) is 0.510. The van der Waals surface area contributed by atoms with Gasteiger partial charge in [0.2, 0.25) is 10.0 Å². The van der Waals surface area contributed by atoms with Crippen LogP contribution in [0, 0.1) is 0 Å². The number of hydrogen-bond donors (Lipinski definition) is 0. The van der Waals surface area contributed by atoms with Gasteiger partial charge in [-0.05, 0) is 25.0 Å². The first kappa shape index (κ1) is 14.3. The highest BCUT2D eigenvalue weighted by Crippen LogP contribution is 2.33. The molecule has 0 unspecified atom stereocenters. The van der Waals surface area contributed by atoms with Gasteiger partial charge in [-0.3, -0.25) is 4.90 Å². The number of cyclic esters (lactones) is 1. The third-order valence-electron chi connectivity index (χ3n) is 3.76. The van der Waals surface area contributed by atoms with Crippen LogP contribution < -0.4 is 4.90 Å². The first-order valence-electron chi connectivity index (χ1n) is 6.85. The molecule has 2 aliphatic rings. The van der Waals surface area contributed by atoms with E-state index < -0.39 is 16.1 Å². The normalized spacial score (nSPS) is 23.6. The van der Waals surface area contributed by atoms with Crippen molar-refractivity contribution in [2.45, 2.75) is 18.9 Å². The number of anilines is 1. The standard InChI is InChI=1S/C13H17N3O4S/c1-21(18,19)16-7-3-5-11(16)10-4-2-6-12(14-10)15-8-9-20-13(15)17/h2,4,6,11H,3,5,7-9H2,1H3/t11-/m0/s1. The Morgan fingerprint density at radius 3 is 2.81 bits per heavy atom. The van der Waals surface area contributed by atoms with Crippen molar-refractivity contribution in [3.63, 3.8) is 0 Å². The van der Waals surface area contributed by atoms with Crippen molar-refractivity contribution in [2.75, 3.05) is 30.9 Å². The molecule has 3 rings (SSSR count). The van der Waals surface area contributed by atoms with Crippen LogP contribution in [-0.2, 0) is 14.8 Å². The maximum Gasteiger partial charge on any atom is 0.415 e. The number of ether oxygens (including phenoxy) is 1. The Hall–Kier alpha value is -1.67. The summed E-state index contributed by atoms with van der Waals surface area (Å²) in [6, 6.07) is 5.08. The zero-order valence-corrected chi connectivity index (χ0v) is 12.5. The lowest BCUT2D eigenvalue weighted by atomic mass is 10.1. The van der Waals surface area contributed by atoms with Crippen LogP contribution in [0.15, 0.2) is 18.2 Å². The van der Waals surface area contributed by atoms with E-state index in [0.29, 0.717) is 31.2 Å². The predicted molar refractivity (Wildman–Crippen MR) is 76.5 cm³/mol. The molecule has 7 nitrogen and oxygen atoms in total. The Bertz CT molecular complexity index is 661. The molecule has 1 aromatic heterocycles. The molecule has 1 atom stereocenters.